The molecule has 0 radical (unpaired) electrons. The molecule has 0 aliphatic heterocycles. The van der Waals surface area contributed by atoms with E-state index in [2.05, 4.69) is 15.9 Å². The molecule has 0 fully saturated rings. The largest absolute Gasteiger partial charge is 0.416 e. The Kier molecular flexibility index (Phi) is 4.58. The van der Waals surface area contributed by atoms with Gasteiger partial charge in [0.2, 0.25) is 0 Å². The number of rotatable bonds is 2. The van der Waals surface area contributed by atoms with Crippen LogP contribution in [0.3, 0.4) is 0 Å². The Hall–Kier alpha value is -1.14. The van der Waals surface area contributed by atoms with Crippen molar-refractivity contribution in [2.24, 2.45) is 0 Å². The molecule has 0 aromatic heterocycles. The van der Waals surface area contributed by atoms with Crippen LogP contribution in [0.2, 0.25) is 0 Å². The molecule has 0 saturated carbocycles. The van der Waals surface area contributed by atoms with Crippen molar-refractivity contribution in [1.82, 2.24) is 0 Å². The molecule has 0 heterocycles. The van der Waals surface area contributed by atoms with Crippen molar-refractivity contribution in [3.63, 3.8) is 0 Å². The van der Waals surface area contributed by atoms with Gasteiger partial charge in [-0.2, -0.15) is 13.2 Å². The Labute approximate surface area is 130 Å². The summed E-state index contributed by atoms with van der Waals surface area (Å²) in [5.41, 5.74) is -1.11. The van der Waals surface area contributed by atoms with E-state index < -0.39 is 28.8 Å². The van der Waals surface area contributed by atoms with E-state index in [0.717, 1.165) is 24.3 Å². The van der Waals surface area contributed by atoms with Crippen LogP contribution in [0.25, 0.3) is 0 Å². The molecular formula is C14H7BrClF5. The molecule has 0 aliphatic rings. The van der Waals surface area contributed by atoms with Crippen LogP contribution in [-0.4, -0.2) is 0 Å². The van der Waals surface area contributed by atoms with Crippen LogP contribution in [0.1, 0.15) is 22.1 Å². The van der Waals surface area contributed by atoms with Gasteiger partial charge in [-0.25, -0.2) is 8.78 Å². The van der Waals surface area contributed by atoms with E-state index in [9.17, 15) is 22.0 Å². The van der Waals surface area contributed by atoms with Crippen molar-refractivity contribution in [2.75, 3.05) is 0 Å². The van der Waals surface area contributed by atoms with Crippen LogP contribution in [-0.2, 0) is 6.18 Å². The van der Waals surface area contributed by atoms with Crippen LogP contribution in [0.5, 0.6) is 0 Å². The van der Waals surface area contributed by atoms with Gasteiger partial charge in [-0.05, 0) is 35.4 Å². The smallest absolute Gasteiger partial charge is 0.204 e. The second kappa shape index (κ2) is 5.93. The van der Waals surface area contributed by atoms with Crippen molar-refractivity contribution >= 4 is 27.5 Å². The molecule has 0 N–H and O–H groups in total. The van der Waals surface area contributed by atoms with Gasteiger partial charge in [0.1, 0.15) is 0 Å². The van der Waals surface area contributed by atoms with Gasteiger partial charge in [0, 0.05) is 4.47 Å². The molecular weight excluding hydrogens is 379 g/mol. The Morgan fingerprint density at radius 3 is 2.19 bits per heavy atom. The normalized spacial score (nSPS) is 13.3. The maximum absolute atomic E-state index is 13.2. The van der Waals surface area contributed by atoms with Gasteiger partial charge in [-0.15, -0.1) is 11.6 Å². The molecule has 0 spiro atoms. The minimum Gasteiger partial charge on any atom is -0.204 e. The summed E-state index contributed by atoms with van der Waals surface area (Å²) in [6.45, 7) is 0. The molecule has 0 saturated heterocycles. The van der Waals surface area contributed by atoms with Crippen LogP contribution < -0.4 is 0 Å². The molecule has 0 nitrogen and oxygen atoms in total. The summed E-state index contributed by atoms with van der Waals surface area (Å²) in [6.07, 6.45) is -4.61. The number of alkyl halides is 4. The summed E-state index contributed by atoms with van der Waals surface area (Å²) >= 11 is 8.98. The predicted molar refractivity (Wildman–Crippen MR) is 73.2 cm³/mol. The zero-order valence-corrected chi connectivity index (χ0v) is 12.5. The molecule has 0 bridgehead atoms. The van der Waals surface area contributed by atoms with Crippen molar-refractivity contribution in [3.8, 4) is 0 Å². The molecule has 2 aromatic carbocycles. The van der Waals surface area contributed by atoms with Crippen LogP contribution in [0.15, 0.2) is 40.9 Å². The Morgan fingerprint density at radius 1 is 0.952 bits per heavy atom. The summed E-state index contributed by atoms with van der Waals surface area (Å²) in [7, 11) is 0. The van der Waals surface area contributed by atoms with Gasteiger partial charge in [0.05, 0.1) is 10.9 Å². The van der Waals surface area contributed by atoms with Gasteiger partial charge in [0.25, 0.3) is 0 Å². The molecule has 7 heteroatoms. The van der Waals surface area contributed by atoms with E-state index in [1.54, 1.807) is 0 Å². The van der Waals surface area contributed by atoms with Crippen molar-refractivity contribution in [1.29, 1.82) is 0 Å². The van der Waals surface area contributed by atoms with Gasteiger partial charge in [-0.3, -0.25) is 0 Å². The molecule has 112 valence electrons. The zero-order chi connectivity index (χ0) is 15.8. The summed E-state index contributed by atoms with van der Waals surface area (Å²) < 4.78 is 65.4. The topological polar surface area (TPSA) is 0 Å². The van der Waals surface area contributed by atoms with Crippen LogP contribution >= 0.6 is 27.5 Å². The molecule has 0 amide bonds. The predicted octanol–water partition coefficient (Wildman–Crippen LogP) is 6.07. The third-order valence-electron chi connectivity index (χ3n) is 2.83. The molecule has 2 rings (SSSR count). The lowest BCUT2D eigenvalue weighted by atomic mass is 9.98. The third-order valence-corrected chi connectivity index (χ3v) is 3.81. The first-order valence-corrected chi connectivity index (χ1v) is 6.88. The maximum atomic E-state index is 13.2. The highest BCUT2D eigenvalue weighted by Crippen LogP contribution is 2.40. The van der Waals surface area contributed by atoms with Crippen LogP contribution in [0, 0.1) is 11.6 Å². The van der Waals surface area contributed by atoms with Gasteiger partial charge >= 0.3 is 6.18 Å². The summed E-state index contributed by atoms with van der Waals surface area (Å²) in [5.74, 6) is -2.25. The van der Waals surface area contributed by atoms with Gasteiger partial charge in [-0.1, -0.05) is 28.1 Å². The summed E-state index contributed by atoms with van der Waals surface area (Å²) in [5, 5.41) is -1.25. The molecule has 21 heavy (non-hydrogen) atoms. The summed E-state index contributed by atoms with van der Waals surface area (Å²) in [6, 6.07) is 6.26. The second-order valence-corrected chi connectivity index (χ2v) is 5.62. The fourth-order valence-corrected chi connectivity index (χ4v) is 2.53. The molecule has 1 atom stereocenters. The van der Waals surface area contributed by atoms with Crippen molar-refractivity contribution in [3.05, 3.63) is 69.2 Å². The van der Waals surface area contributed by atoms with E-state index in [4.69, 9.17) is 11.6 Å². The Bertz CT molecular complexity index is 669. The van der Waals surface area contributed by atoms with E-state index >= 15 is 0 Å². The average Bonchev–Trinajstić information content (AvgIpc) is 2.40. The van der Waals surface area contributed by atoms with E-state index in [0.29, 0.717) is 0 Å². The minimum absolute atomic E-state index is 0.0448. The highest BCUT2D eigenvalue weighted by atomic mass is 79.9. The first kappa shape index (κ1) is 16.2. The molecule has 1 unspecified atom stereocenters. The van der Waals surface area contributed by atoms with E-state index in [1.807, 2.05) is 0 Å². The lowest BCUT2D eigenvalue weighted by molar-refractivity contribution is -0.138. The Balaban J connectivity index is 2.52. The highest BCUT2D eigenvalue weighted by molar-refractivity contribution is 9.10. The second-order valence-electron chi connectivity index (χ2n) is 4.27. The number of benzene rings is 2. The summed E-state index contributed by atoms with van der Waals surface area (Å²) in [4.78, 5) is 0. The fourth-order valence-electron chi connectivity index (χ4n) is 1.84. The standard InChI is InChI=1S/C14H7BrClF5/c15-8-2-3-9(10(6-8)14(19,20)21)13(16)7-1-4-11(17)12(18)5-7/h1-6,13H. The van der Waals surface area contributed by atoms with Gasteiger partial charge in [0.15, 0.2) is 11.6 Å². The lowest BCUT2D eigenvalue weighted by Gasteiger charge is -2.18. The third kappa shape index (κ3) is 3.55. The highest BCUT2D eigenvalue weighted by Gasteiger charge is 2.35. The first-order valence-electron chi connectivity index (χ1n) is 5.66. The molecule has 2 aromatic rings. The van der Waals surface area contributed by atoms with Gasteiger partial charge < -0.3 is 0 Å². The van der Waals surface area contributed by atoms with Crippen molar-refractivity contribution in [2.45, 2.75) is 11.6 Å². The zero-order valence-electron chi connectivity index (χ0n) is 10.2. The SMILES string of the molecule is Fc1ccc(C(Cl)c2ccc(Br)cc2C(F)(F)F)cc1F. The quantitative estimate of drug-likeness (QED) is 0.434. The number of hydrogen-bond acceptors (Lipinski definition) is 0. The number of hydrogen-bond donors (Lipinski definition) is 0. The molecule has 0 aliphatic carbocycles. The fraction of sp³-hybridized carbons (Fsp3) is 0.143. The van der Waals surface area contributed by atoms with E-state index in [-0.39, 0.29) is 15.6 Å². The van der Waals surface area contributed by atoms with Crippen molar-refractivity contribution < 1.29 is 22.0 Å². The lowest BCUT2D eigenvalue weighted by Crippen LogP contribution is -2.11. The minimum atomic E-state index is -4.61. The van der Waals surface area contributed by atoms with Crippen LogP contribution in [0.4, 0.5) is 22.0 Å². The first-order chi connectivity index (χ1) is 9.70. The maximum Gasteiger partial charge on any atom is 0.416 e. The Morgan fingerprint density at radius 2 is 1.62 bits per heavy atom. The van der Waals surface area contributed by atoms with E-state index in [1.165, 1.54) is 12.1 Å². The monoisotopic (exact) mass is 384 g/mol. The number of halogens is 7. The average molecular weight is 386 g/mol.